The minimum atomic E-state index is -0.232. The SMILES string of the molecule is CC(C)(C)c1ccc2[nH]c3c(cc(NCCO)c4c(=O)c5ccccc5c(=O)c43)oc2c1. The maximum absolute atomic E-state index is 13.5. The number of aromatic amines is 1. The molecule has 6 heteroatoms. The largest absolute Gasteiger partial charge is 0.453 e. The number of rotatable bonds is 3. The van der Waals surface area contributed by atoms with Crippen LogP contribution in [0.4, 0.5) is 5.69 Å². The van der Waals surface area contributed by atoms with E-state index in [-0.39, 0.29) is 34.8 Å². The summed E-state index contributed by atoms with van der Waals surface area (Å²) in [4.78, 5) is 30.3. The zero-order chi connectivity index (χ0) is 22.6. The van der Waals surface area contributed by atoms with Gasteiger partial charge in [0.2, 0.25) is 0 Å². The van der Waals surface area contributed by atoms with Gasteiger partial charge >= 0.3 is 0 Å². The normalized spacial score (nSPS) is 12.2. The minimum absolute atomic E-state index is 0.0472. The topological polar surface area (TPSA) is 95.3 Å². The third-order valence-corrected chi connectivity index (χ3v) is 5.92. The molecule has 0 amide bonds. The van der Waals surface area contributed by atoms with Gasteiger partial charge in [-0.05, 0) is 23.1 Å². The lowest BCUT2D eigenvalue weighted by Crippen LogP contribution is -2.16. The molecule has 3 N–H and O–H groups in total. The van der Waals surface area contributed by atoms with Crippen molar-refractivity contribution in [1.29, 1.82) is 0 Å². The molecule has 5 aromatic rings. The Hall–Kier alpha value is -3.64. The Balaban J connectivity index is 1.97. The summed E-state index contributed by atoms with van der Waals surface area (Å²) in [5, 5.41) is 13.8. The highest BCUT2D eigenvalue weighted by molar-refractivity contribution is 6.14. The van der Waals surface area contributed by atoms with E-state index in [0.29, 0.717) is 38.5 Å². The summed E-state index contributed by atoms with van der Waals surface area (Å²) >= 11 is 0. The second-order valence-corrected chi connectivity index (χ2v) is 9.09. The Morgan fingerprint density at radius 2 is 1.62 bits per heavy atom. The van der Waals surface area contributed by atoms with Gasteiger partial charge in [0.1, 0.15) is 0 Å². The van der Waals surface area contributed by atoms with Gasteiger partial charge in [-0.2, -0.15) is 0 Å². The van der Waals surface area contributed by atoms with E-state index in [1.54, 1.807) is 30.3 Å². The summed E-state index contributed by atoms with van der Waals surface area (Å²) in [6.45, 7) is 6.53. The maximum Gasteiger partial charge on any atom is 0.196 e. The van der Waals surface area contributed by atoms with Gasteiger partial charge in [-0.25, -0.2) is 0 Å². The van der Waals surface area contributed by atoms with Crippen molar-refractivity contribution >= 4 is 49.4 Å². The van der Waals surface area contributed by atoms with Gasteiger partial charge in [-0.3, -0.25) is 9.59 Å². The van der Waals surface area contributed by atoms with Crippen molar-refractivity contribution in [3.8, 4) is 0 Å². The van der Waals surface area contributed by atoms with Crippen molar-refractivity contribution in [1.82, 2.24) is 4.98 Å². The molecule has 0 atom stereocenters. The molecular formula is C26H24N2O4. The first kappa shape index (κ1) is 20.3. The molecular weight excluding hydrogens is 404 g/mol. The number of benzene rings is 4. The summed E-state index contributed by atoms with van der Waals surface area (Å²) < 4.78 is 6.24. The number of nitrogens with one attached hydrogen (secondary N) is 2. The Morgan fingerprint density at radius 3 is 2.28 bits per heavy atom. The van der Waals surface area contributed by atoms with Gasteiger partial charge in [-0.1, -0.05) is 51.1 Å². The first-order valence-corrected chi connectivity index (χ1v) is 10.6. The average Bonchev–Trinajstić information content (AvgIpc) is 2.78. The van der Waals surface area contributed by atoms with E-state index < -0.39 is 0 Å². The van der Waals surface area contributed by atoms with E-state index in [9.17, 15) is 14.7 Å². The summed E-state index contributed by atoms with van der Waals surface area (Å²) in [7, 11) is 0. The van der Waals surface area contributed by atoms with Crippen LogP contribution in [0.3, 0.4) is 0 Å². The number of aliphatic hydroxyl groups is 1. The summed E-state index contributed by atoms with van der Waals surface area (Å²) in [5.41, 5.74) is 3.43. The molecule has 0 saturated heterocycles. The molecule has 0 spiro atoms. The van der Waals surface area contributed by atoms with Crippen molar-refractivity contribution in [2.75, 3.05) is 18.5 Å². The first-order chi connectivity index (χ1) is 15.3. The molecule has 1 aromatic heterocycles. The van der Waals surface area contributed by atoms with Crippen molar-refractivity contribution < 1.29 is 9.52 Å². The van der Waals surface area contributed by atoms with Crippen LogP contribution in [0.25, 0.3) is 43.7 Å². The van der Waals surface area contributed by atoms with Gasteiger partial charge in [-0.15, -0.1) is 0 Å². The maximum atomic E-state index is 13.5. The lowest BCUT2D eigenvalue weighted by molar-refractivity contribution is 0.311. The highest BCUT2D eigenvalue weighted by Gasteiger charge is 2.20. The zero-order valence-electron chi connectivity index (χ0n) is 18.2. The number of hydrogen-bond donors (Lipinski definition) is 3. The predicted molar refractivity (Wildman–Crippen MR) is 130 cm³/mol. The molecule has 0 aliphatic rings. The molecule has 0 aliphatic carbocycles. The Labute approximate surface area is 183 Å². The second-order valence-electron chi connectivity index (χ2n) is 9.09. The molecule has 1 heterocycles. The Bertz CT molecular complexity index is 1640. The molecule has 0 aliphatic heterocycles. The number of fused-ring (bicyclic) bond motifs is 5. The summed E-state index contributed by atoms with van der Waals surface area (Å²) in [6.07, 6.45) is 0. The predicted octanol–water partition coefficient (Wildman–Crippen LogP) is 4.64. The van der Waals surface area contributed by atoms with Crippen LogP contribution < -0.4 is 16.2 Å². The number of aromatic nitrogens is 1. The smallest absolute Gasteiger partial charge is 0.196 e. The monoisotopic (exact) mass is 428 g/mol. The molecule has 162 valence electrons. The van der Waals surface area contributed by atoms with E-state index in [4.69, 9.17) is 4.42 Å². The molecule has 6 nitrogen and oxygen atoms in total. The van der Waals surface area contributed by atoms with Gasteiger partial charge in [0.05, 0.1) is 34.1 Å². The van der Waals surface area contributed by atoms with Crippen molar-refractivity contribution in [2.45, 2.75) is 26.2 Å². The first-order valence-electron chi connectivity index (χ1n) is 10.6. The molecule has 0 radical (unpaired) electrons. The quantitative estimate of drug-likeness (QED) is 0.287. The molecule has 0 saturated carbocycles. The van der Waals surface area contributed by atoms with Gasteiger partial charge in [0.15, 0.2) is 22.0 Å². The van der Waals surface area contributed by atoms with Crippen molar-refractivity contribution in [2.24, 2.45) is 0 Å². The van der Waals surface area contributed by atoms with Crippen molar-refractivity contribution in [3.63, 3.8) is 0 Å². The van der Waals surface area contributed by atoms with E-state index >= 15 is 0 Å². The Morgan fingerprint density at radius 1 is 0.938 bits per heavy atom. The number of hydrogen-bond acceptors (Lipinski definition) is 5. The standard InChI is InChI=1S/C26H24N2O4/c1-26(2,3)14-8-9-17-19(12-14)32-20-13-18(27-10-11-29)21-22(23(20)28-17)25(31)16-7-5-4-6-15(16)24(21)30/h4-9,12-13,27-29H,10-11H2,1-3H3. The summed E-state index contributed by atoms with van der Waals surface area (Å²) in [5.74, 6) is 0. The van der Waals surface area contributed by atoms with Crippen LogP contribution in [0.15, 0.2) is 62.5 Å². The zero-order valence-corrected chi connectivity index (χ0v) is 18.2. The van der Waals surface area contributed by atoms with Crippen LogP contribution in [-0.4, -0.2) is 23.2 Å². The van der Waals surface area contributed by atoms with Crippen LogP contribution in [0.1, 0.15) is 26.3 Å². The molecule has 0 unspecified atom stereocenters. The third kappa shape index (κ3) is 3.07. The number of H-pyrrole nitrogens is 1. The molecule has 32 heavy (non-hydrogen) atoms. The fourth-order valence-electron chi connectivity index (χ4n) is 4.23. The third-order valence-electron chi connectivity index (χ3n) is 5.92. The highest BCUT2D eigenvalue weighted by Crippen LogP contribution is 2.32. The fraction of sp³-hybridized carbons (Fsp3) is 0.231. The number of aliphatic hydroxyl groups excluding tert-OH is 1. The van der Waals surface area contributed by atoms with Crippen LogP contribution in [0, 0.1) is 0 Å². The Kier molecular flexibility index (Phi) is 4.57. The van der Waals surface area contributed by atoms with Crippen LogP contribution >= 0.6 is 0 Å². The van der Waals surface area contributed by atoms with Gasteiger partial charge in [0.25, 0.3) is 0 Å². The molecule has 4 aromatic carbocycles. The number of anilines is 1. The van der Waals surface area contributed by atoms with Crippen LogP contribution in [0.2, 0.25) is 0 Å². The molecule has 0 bridgehead atoms. The molecule has 0 fully saturated rings. The van der Waals surface area contributed by atoms with Gasteiger partial charge < -0.3 is 19.8 Å². The van der Waals surface area contributed by atoms with E-state index in [1.165, 1.54) is 0 Å². The van der Waals surface area contributed by atoms with E-state index in [0.717, 1.165) is 11.1 Å². The van der Waals surface area contributed by atoms with Crippen LogP contribution in [-0.2, 0) is 5.41 Å². The van der Waals surface area contributed by atoms with Crippen molar-refractivity contribution in [3.05, 3.63) is 74.5 Å². The second kappa shape index (κ2) is 7.21. The van der Waals surface area contributed by atoms with E-state index in [1.807, 2.05) is 18.2 Å². The lowest BCUT2D eigenvalue weighted by Gasteiger charge is -2.19. The fourth-order valence-corrected chi connectivity index (χ4v) is 4.23. The highest BCUT2D eigenvalue weighted by atomic mass is 16.3. The minimum Gasteiger partial charge on any atom is -0.453 e. The lowest BCUT2D eigenvalue weighted by atomic mass is 9.87. The van der Waals surface area contributed by atoms with Gasteiger partial charge in [0, 0.05) is 23.4 Å². The average molecular weight is 428 g/mol. The molecule has 5 rings (SSSR count). The summed E-state index contributed by atoms with van der Waals surface area (Å²) in [6, 6.07) is 14.5. The van der Waals surface area contributed by atoms with E-state index in [2.05, 4.69) is 31.1 Å². The van der Waals surface area contributed by atoms with Crippen LogP contribution in [0.5, 0.6) is 0 Å².